The normalized spacial score (nSPS) is 10.9. The summed E-state index contributed by atoms with van der Waals surface area (Å²) >= 11 is 1.57. The molecule has 0 spiro atoms. The predicted octanol–water partition coefficient (Wildman–Crippen LogP) is 3.22. The number of benzene rings is 1. The van der Waals surface area contributed by atoms with Gasteiger partial charge in [-0.15, -0.1) is 0 Å². The molecule has 2 N–H and O–H groups in total. The molecule has 0 aliphatic heterocycles. The summed E-state index contributed by atoms with van der Waals surface area (Å²) in [6.07, 6.45) is 3.55. The zero-order valence-electron chi connectivity index (χ0n) is 8.29. The number of nitrogen functional groups attached to an aromatic ring is 1. The molecule has 0 aliphatic carbocycles. The van der Waals surface area contributed by atoms with Crippen molar-refractivity contribution in [1.29, 1.82) is 0 Å². The third-order valence-electron chi connectivity index (χ3n) is 2.32. The number of unbranched alkanes of at least 4 members (excludes halogenated alkanes) is 1. The summed E-state index contributed by atoms with van der Waals surface area (Å²) in [5, 5.41) is 0.670. The van der Waals surface area contributed by atoms with Gasteiger partial charge in [0.25, 0.3) is 0 Å². The number of aromatic nitrogens is 1. The molecule has 0 saturated carbocycles. The first-order valence-corrected chi connectivity index (χ1v) is 5.77. The van der Waals surface area contributed by atoms with Crippen LogP contribution in [0.1, 0.15) is 25.3 Å². The monoisotopic (exact) mass is 206 g/mol. The summed E-state index contributed by atoms with van der Waals surface area (Å²) in [6, 6.07) is 6.32. The first-order valence-electron chi connectivity index (χ1n) is 4.95. The Balaban J connectivity index is 2.42. The van der Waals surface area contributed by atoms with Crippen molar-refractivity contribution < 1.29 is 0 Å². The number of aryl methyl sites for hydroxylation is 1. The highest BCUT2D eigenvalue weighted by molar-refractivity contribution is 7.22. The van der Waals surface area contributed by atoms with Gasteiger partial charge in [-0.1, -0.05) is 36.8 Å². The van der Waals surface area contributed by atoms with Crippen LogP contribution in [0.2, 0.25) is 0 Å². The van der Waals surface area contributed by atoms with Crippen molar-refractivity contribution in [3.8, 4) is 0 Å². The van der Waals surface area contributed by atoms with Gasteiger partial charge in [0.2, 0.25) is 0 Å². The molecule has 0 unspecified atom stereocenters. The van der Waals surface area contributed by atoms with Gasteiger partial charge in [0, 0.05) is 0 Å². The van der Waals surface area contributed by atoms with E-state index < -0.39 is 0 Å². The van der Waals surface area contributed by atoms with Crippen molar-refractivity contribution in [1.82, 2.24) is 4.98 Å². The van der Waals surface area contributed by atoms with E-state index in [1.807, 2.05) is 0 Å². The van der Waals surface area contributed by atoms with Crippen LogP contribution >= 0.6 is 11.3 Å². The number of thiazole rings is 1. The Morgan fingerprint density at radius 1 is 1.43 bits per heavy atom. The van der Waals surface area contributed by atoms with Crippen LogP contribution in [0, 0.1) is 0 Å². The molecule has 1 heterocycles. The molecule has 0 bridgehead atoms. The fourth-order valence-electron chi connectivity index (χ4n) is 1.59. The van der Waals surface area contributed by atoms with Crippen molar-refractivity contribution in [2.75, 3.05) is 5.73 Å². The molecule has 0 saturated heterocycles. The van der Waals surface area contributed by atoms with E-state index in [2.05, 4.69) is 30.1 Å². The molecule has 0 aliphatic rings. The van der Waals surface area contributed by atoms with E-state index in [0.29, 0.717) is 5.13 Å². The summed E-state index contributed by atoms with van der Waals surface area (Å²) in [7, 11) is 0. The lowest BCUT2D eigenvalue weighted by molar-refractivity contribution is 0.798. The second-order valence-corrected chi connectivity index (χ2v) is 4.48. The van der Waals surface area contributed by atoms with E-state index in [4.69, 9.17) is 5.73 Å². The highest BCUT2D eigenvalue weighted by Gasteiger charge is 2.05. The van der Waals surface area contributed by atoms with E-state index in [9.17, 15) is 0 Å². The number of para-hydroxylation sites is 1. The smallest absolute Gasteiger partial charge is 0.181 e. The zero-order chi connectivity index (χ0) is 9.97. The molecule has 0 amide bonds. The molecule has 2 nitrogen and oxygen atoms in total. The Hall–Kier alpha value is -1.09. The van der Waals surface area contributed by atoms with Gasteiger partial charge in [0.1, 0.15) is 0 Å². The number of hydrogen-bond donors (Lipinski definition) is 1. The molecular weight excluding hydrogens is 192 g/mol. The van der Waals surface area contributed by atoms with Crippen LogP contribution < -0.4 is 5.73 Å². The minimum absolute atomic E-state index is 0.670. The SMILES string of the molecule is CCCCc1cccc2sc(N)nc12. The van der Waals surface area contributed by atoms with Gasteiger partial charge in [-0.05, 0) is 24.5 Å². The first-order chi connectivity index (χ1) is 6.81. The topological polar surface area (TPSA) is 38.9 Å². The average Bonchev–Trinajstić information content (AvgIpc) is 2.55. The van der Waals surface area contributed by atoms with Crippen molar-refractivity contribution in [3.63, 3.8) is 0 Å². The van der Waals surface area contributed by atoms with E-state index in [0.717, 1.165) is 11.9 Å². The molecule has 0 radical (unpaired) electrons. The minimum atomic E-state index is 0.670. The zero-order valence-corrected chi connectivity index (χ0v) is 9.10. The van der Waals surface area contributed by atoms with Gasteiger partial charge < -0.3 is 5.73 Å². The van der Waals surface area contributed by atoms with Gasteiger partial charge >= 0.3 is 0 Å². The maximum atomic E-state index is 5.70. The summed E-state index contributed by atoms with van der Waals surface area (Å²) in [5.74, 6) is 0. The molecular formula is C11H14N2S. The van der Waals surface area contributed by atoms with Crippen LogP contribution in [0.4, 0.5) is 5.13 Å². The van der Waals surface area contributed by atoms with Gasteiger partial charge in [-0.3, -0.25) is 0 Å². The molecule has 0 fully saturated rings. The summed E-state index contributed by atoms with van der Waals surface area (Å²) in [6.45, 7) is 2.20. The van der Waals surface area contributed by atoms with Crippen LogP contribution in [-0.2, 0) is 6.42 Å². The molecule has 1 aromatic heterocycles. The maximum absolute atomic E-state index is 5.70. The Labute approximate surface area is 87.8 Å². The lowest BCUT2D eigenvalue weighted by Crippen LogP contribution is -1.87. The van der Waals surface area contributed by atoms with Gasteiger partial charge in [-0.2, -0.15) is 0 Å². The van der Waals surface area contributed by atoms with Crippen LogP contribution in [0.5, 0.6) is 0 Å². The number of fused-ring (bicyclic) bond motifs is 1. The Bertz CT molecular complexity index is 434. The van der Waals surface area contributed by atoms with E-state index in [1.54, 1.807) is 11.3 Å². The highest BCUT2D eigenvalue weighted by atomic mass is 32.1. The van der Waals surface area contributed by atoms with Gasteiger partial charge in [-0.25, -0.2) is 4.98 Å². The predicted molar refractivity (Wildman–Crippen MR) is 62.6 cm³/mol. The summed E-state index contributed by atoms with van der Waals surface area (Å²) < 4.78 is 1.20. The van der Waals surface area contributed by atoms with Crippen molar-refractivity contribution in [3.05, 3.63) is 23.8 Å². The molecule has 0 atom stereocenters. The minimum Gasteiger partial charge on any atom is -0.375 e. The van der Waals surface area contributed by atoms with Gasteiger partial charge in [0.15, 0.2) is 5.13 Å². The van der Waals surface area contributed by atoms with Crippen LogP contribution in [-0.4, -0.2) is 4.98 Å². The summed E-state index contributed by atoms with van der Waals surface area (Å²) in [5.41, 5.74) is 8.13. The largest absolute Gasteiger partial charge is 0.375 e. The van der Waals surface area contributed by atoms with Crippen LogP contribution in [0.15, 0.2) is 18.2 Å². The number of hydrogen-bond acceptors (Lipinski definition) is 3. The number of nitrogens with zero attached hydrogens (tertiary/aromatic N) is 1. The van der Waals surface area contributed by atoms with Crippen LogP contribution in [0.3, 0.4) is 0 Å². The third kappa shape index (κ3) is 1.73. The molecule has 1 aromatic carbocycles. The molecule has 14 heavy (non-hydrogen) atoms. The van der Waals surface area contributed by atoms with Crippen molar-refractivity contribution >= 4 is 26.7 Å². The maximum Gasteiger partial charge on any atom is 0.181 e. The number of nitrogens with two attached hydrogens (primary N) is 1. The van der Waals surface area contributed by atoms with Crippen molar-refractivity contribution in [2.45, 2.75) is 26.2 Å². The highest BCUT2D eigenvalue weighted by Crippen LogP contribution is 2.26. The Morgan fingerprint density at radius 3 is 3.07 bits per heavy atom. The van der Waals surface area contributed by atoms with Gasteiger partial charge in [0.05, 0.1) is 10.2 Å². The molecule has 3 heteroatoms. The fraction of sp³-hybridized carbons (Fsp3) is 0.364. The number of rotatable bonds is 3. The summed E-state index contributed by atoms with van der Waals surface area (Å²) in [4.78, 5) is 4.36. The fourth-order valence-corrected chi connectivity index (χ4v) is 2.37. The number of anilines is 1. The second-order valence-electron chi connectivity index (χ2n) is 3.42. The van der Waals surface area contributed by atoms with E-state index in [1.165, 1.54) is 23.1 Å². The lowest BCUT2D eigenvalue weighted by Gasteiger charge is -1.99. The quantitative estimate of drug-likeness (QED) is 0.837. The first kappa shape index (κ1) is 9.46. The Kier molecular flexibility index (Phi) is 2.68. The third-order valence-corrected chi connectivity index (χ3v) is 3.17. The molecule has 2 aromatic rings. The van der Waals surface area contributed by atoms with Crippen molar-refractivity contribution in [2.24, 2.45) is 0 Å². The molecule has 2 rings (SSSR count). The Morgan fingerprint density at radius 2 is 2.29 bits per heavy atom. The molecule has 74 valence electrons. The average molecular weight is 206 g/mol. The van der Waals surface area contributed by atoms with E-state index in [-0.39, 0.29) is 0 Å². The lowest BCUT2D eigenvalue weighted by atomic mass is 10.1. The van der Waals surface area contributed by atoms with Crippen LogP contribution in [0.25, 0.3) is 10.2 Å². The second kappa shape index (κ2) is 3.96. The van der Waals surface area contributed by atoms with E-state index >= 15 is 0 Å². The standard InChI is InChI=1S/C11H14N2S/c1-2-3-5-8-6-4-7-9-10(8)13-11(12)14-9/h4,6-7H,2-3,5H2,1H3,(H2,12,13).